The number of nitrogens with zero attached hydrogens (tertiary/aromatic N) is 4. The van der Waals surface area contributed by atoms with Crippen molar-refractivity contribution >= 4 is 43.1 Å². The fraction of sp³-hybridized carbons (Fsp3) is 0. The van der Waals surface area contributed by atoms with Crippen molar-refractivity contribution < 1.29 is 17.6 Å². The molecule has 0 saturated carbocycles. The molecule has 0 N–H and O–H groups in total. The van der Waals surface area contributed by atoms with Crippen LogP contribution < -0.4 is 10.7 Å². The van der Waals surface area contributed by atoms with E-state index in [2.05, 4.69) is 15.0 Å². The van der Waals surface area contributed by atoms with Crippen molar-refractivity contribution in [2.75, 3.05) is 0 Å². The minimum absolute atomic E-state index is 0.347. The van der Waals surface area contributed by atoms with Crippen LogP contribution in [0.25, 0.3) is 70.3 Å². The molecule has 0 bridgehead atoms. The molecule has 0 atom stereocenters. The van der Waals surface area contributed by atoms with Crippen molar-refractivity contribution in [3.63, 3.8) is 0 Å². The molecule has 7 aromatic carbocycles. The first-order chi connectivity index (χ1) is 20.3. The van der Waals surface area contributed by atoms with Gasteiger partial charge in [0.25, 0.3) is 0 Å². The molecule has 42 heavy (non-hydrogen) atoms. The molecule has 0 fully saturated rings. The van der Waals surface area contributed by atoms with E-state index in [4.69, 9.17) is 6.57 Å². The molecular formula is C34H14F4N4. The topological polar surface area (TPSA) is 52.9 Å². The Morgan fingerprint density at radius 1 is 0.500 bits per heavy atom. The summed E-state index contributed by atoms with van der Waals surface area (Å²) >= 11 is 0. The first-order valence-electron chi connectivity index (χ1n) is 12.7. The van der Waals surface area contributed by atoms with Gasteiger partial charge in [-0.15, -0.1) is 4.95 Å². The zero-order valence-corrected chi connectivity index (χ0v) is 21.4. The summed E-state index contributed by atoms with van der Waals surface area (Å²) in [5.74, 6) is -2.80. The van der Waals surface area contributed by atoms with Gasteiger partial charge in [0.15, 0.2) is 5.36 Å². The molecule has 0 radical (unpaired) electrons. The van der Waals surface area contributed by atoms with Gasteiger partial charge in [-0.25, -0.2) is 17.6 Å². The molecule has 0 aromatic heterocycles. The van der Waals surface area contributed by atoms with E-state index in [0.717, 1.165) is 33.7 Å². The number of hydrogen-bond acceptors (Lipinski definition) is 3. The van der Waals surface area contributed by atoms with Gasteiger partial charge in [-0.2, -0.15) is 16.8 Å². The predicted molar refractivity (Wildman–Crippen MR) is 153 cm³/mol. The molecule has 198 valence electrons. The van der Waals surface area contributed by atoms with E-state index in [-0.39, 0.29) is 0 Å². The van der Waals surface area contributed by atoms with Gasteiger partial charge in [-0.1, -0.05) is 24.3 Å². The zero-order valence-electron chi connectivity index (χ0n) is 21.4. The lowest BCUT2D eigenvalue weighted by molar-refractivity contribution is 0.583. The highest BCUT2D eigenvalue weighted by Crippen LogP contribution is 2.35. The summed E-state index contributed by atoms with van der Waals surface area (Å²) in [5.41, 5.74) is 1.81. The highest BCUT2D eigenvalue weighted by molar-refractivity contribution is 6.21. The van der Waals surface area contributed by atoms with Crippen LogP contribution in [-0.4, -0.2) is 0 Å². The minimum atomic E-state index is -0.702. The maximum atomic E-state index is 13.9. The summed E-state index contributed by atoms with van der Waals surface area (Å²) in [6.45, 7) is 7.45. The second-order valence-electron chi connectivity index (χ2n) is 9.89. The normalized spacial score (nSPS) is 12.5. The van der Waals surface area contributed by atoms with Gasteiger partial charge in [0.2, 0.25) is 6.19 Å². The minimum Gasteiger partial charge on any atom is -0.207 e. The fourth-order valence-corrected chi connectivity index (χ4v) is 5.81. The molecule has 7 rings (SSSR count). The third-order valence-electron chi connectivity index (χ3n) is 7.50. The zero-order chi connectivity index (χ0) is 29.1. The molecule has 0 spiro atoms. The number of rotatable bonds is 2. The third kappa shape index (κ3) is 3.89. The van der Waals surface area contributed by atoms with E-state index in [1.54, 1.807) is 24.3 Å². The van der Waals surface area contributed by atoms with E-state index in [0.29, 0.717) is 54.5 Å². The number of halogens is 4. The highest BCUT2D eigenvalue weighted by Gasteiger charge is 2.18. The maximum Gasteiger partial charge on any atom is 0.206 e. The molecule has 7 aromatic rings. The van der Waals surface area contributed by atoms with Crippen molar-refractivity contribution in [1.29, 1.82) is 5.26 Å². The van der Waals surface area contributed by atoms with Crippen LogP contribution in [0.15, 0.2) is 95.0 Å². The van der Waals surface area contributed by atoms with E-state index in [1.165, 1.54) is 24.3 Å². The SMILES string of the molecule is [C-]#[N+]/N=c1/c2cc(-c3cc(F)cc(F)c3)ccc2c2cc3c(=NC#N)c4cc(-c5cc(F)cc(F)c5)ccc4c3cc12. The molecule has 0 aliphatic heterocycles. The van der Waals surface area contributed by atoms with Gasteiger partial charge < -0.3 is 0 Å². The van der Waals surface area contributed by atoms with E-state index in [9.17, 15) is 22.8 Å². The van der Waals surface area contributed by atoms with Crippen molar-refractivity contribution in [3.8, 4) is 28.4 Å². The maximum absolute atomic E-state index is 13.9. The van der Waals surface area contributed by atoms with Crippen LogP contribution in [0.2, 0.25) is 0 Å². The Labute approximate surface area is 234 Å². The van der Waals surface area contributed by atoms with Gasteiger partial charge in [0, 0.05) is 33.7 Å². The van der Waals surface area contributed by atoms with Crippen LogP contribution in [0.1, 0.15) is 0 Å². The monoisotopic (exact) mass is 554 g/mol. The van der Waals surface area contributed by atoms with Crippen LogP contribution in [0.5, 0.6) is 0 Å². The largest absolute Gasteiger partial charge is 0.207 e. The second-order valence-corrected chi connectivity index (χ2v) is 9.89. The van der Waals surface area contributed by atoms with E-state index < -0.39 is 23.3 Å². The summed E-state index contributed by atoms with van der Waals surface area (Å²) in [6, 6.07) is 20.9. The molecule has 0 unspecified atom stereocenters. The van der Waals surface area contributed by atoms with E-state index in [1.807, 2.05) is 30.5 Å². The van der Waals surface area contributed by atoms with Gasteiger partial charge in [0.05, 0.1) is 10.5 Å². The molecule has 0 amide bonds. The lowest BCUT2D eigenvalue weighted by atomic mass is 10.0. The number of fused-ring (bicyclic) bond motifs is 6. The van der Waals surface area contributed by atoms with Gasteiger partial charge >= 0.3 is 0 Å². The Bertz CT molecular complexity index is 2270. The molecular weight excluding hydrogens is 540 g/mol. The quantitative estimate of drug-likeness (QED) is 0.0920. The molecule has 8 heteroatoms. The summed E-state index contributed by atoms with van der Waals surface area (Å²) in [4.78, 5) is 7.39. The van der Waals surface area contributed by atoms with Crippen LogP contribution >= 0.6 is 0 Å². The van der Waals surface area contributed by atoms with Crippen molar-refractivity contribution in [2.24, 2.45) is 10.1 Å². The molecule has 0 heterocycles. The summed E-state index contributed by atoms with van der Waals surface area (Å²) in [6.07, 6.45) is 1.86. The first kappa shape index (κ1) is 25.1. The number of nitriles is 1. The van der Waals surface area contributed by atoms with Crippen LogP contribution in [0.3, 0.4) is 0 Å². The van der Waals surface area contributed by atoms with Crippen LogP contribution in [0.4, 0.5) is 17.6 Å². The number of benzene rings is 5. The van der Waals surface area contributed by atoms with Crippen molar-refractivity contribution in [1.82, 2.24) is 0 Å². The molecule has 4 nitrogen and oxygen atoms in total. The van der Waals surface area contributed by atoms with Gasteiger partial charge in [-0.05, 0) is 92.3 Å². The lowest BCUT2D eigenvalue weighted by Crippen LogP contribution is -1.99. The highest BCUT2D eigenvalue weighted by atomic mass is 19.1. The molecule has 0 aliphatic carbocycles. The lowest BCUT2D eigenvalue weighted by Gasteiger charge is -2.03. The standard InChI is InChI=1S/C34H14F4N4/c1-40-42-34-30-11-18(20-8-23(37)13-24(38)9-20)3-5-26(30)28-14-31-27(15-32(28)34)25-4-2-17(10-29(25)33(31)41-16-39)19-6-21(35)12-22(36)7-19/h2-15H/b41-33?,42-34-. The average molecular weight is 555 g/mol. The summed E-state index contributed by atoms with van der Waals surface area (Å²) in [5, 5.41) is 20.1. The molecule has 0 aliphatic rings. The molecule has 0 saturated heterocycles. The predicted octanol–water partition coefficient (Wildman–Crippen LogP) is 8.18. The summed E-state index contributed by atoms with van der Waals surface area (Å²) < 4.78 is 55.8. The number of hydrogen-bond donors (Lipinski definition) is 0. The Kier molecular flexibility index (Phi) is 5.60. The third-order valence-corrected chi connectivity index (χ3v) is 7.50. The Morgan fingerprint density at radius 2 is 0.929 bits per heavy atom. The van der Waals surface area contributed by atoms with Crippen molar-refractivity contribution in [2.45, 2.75) is 0 Å². The fourth-order valence-electron chi connectivity index (χ4n) is 5.81. The second kappa shape index (κ2) is 9.36. The Hall–Kier alpha value is -5.86. The van der Waals surface area contributed by atoms with Gasteiger partial charge in [0.1, 0.15) is 23.3 Å². The Balaban J connectivity index is 1.54. The van der Waals surface area contributed by atoms with Crippen molar-refractivity contribution in [3.05, 3.63) is 130 Å². The van der Waals surface area contributed by atoms with E-state index >= 15 is 0 Å². The van der Waals surface area contributed by atoms with Gasteiger partial charge in [-0.3, -0.25) is 0 Å². The van der Waals surface area contributed by atoms with Crippen LogP contribution in [-0.2, 0) is 0 Å². The summed E-state index contributed by atoms with van der Waals surface area (Å²) in [7, 11) is 0. The Morgan fingerprint density at radius 3 is 1.38 bits per heavy atom. The average Bonchev–Trinajstić information content (AvgIpc) is 3.42. The smallest absolute Gasteiger partial charge is 0.206 e. The first-order valence-corrected chi connectivity index (χ1v) is 12.7. The van der Waals surface area contributed by atoms with Crippen LogP contribution in [0, 0.1) is 41.3 Å².